The number of likely N-dealkylation sites (tertiary alicyclic amines) is 1. The van der Waals surface area contributed by atoms with E-state index in [-0.39, 0.29) is 29.4 Å². The van der Waals surface area contributed by atoms with Gasteiger partial charge in [-0.15, -0.1) is 0 Å². The van der Waals surface area contributed by atoms with Crippen LogP contribution in [-0.4, -0.2) is 41.6 Å². The molecule has 0 radical (unpaired) electrons. The molecule has 6 heteroatoms. The molecule has 1 aliphatic heterocycles. The van der Waals surface area contributed by atoms with Gasteiger partial charge < -0.3 is 4.74 Å². The van der Waals surface area contributed by atoms with Crippen LogP contribution in [0.4, 0.5) is 0 Å². The van der Waals surface area contributed by atoms with E-state index in [4.69, 9.17) is 4.74 Å². The molecule has 158 valence electrons. The summed E-state index contributed by atoms with van der Waals surface area (Å²) in [5.41, 5.74) is 1.75. The highest BCUT2D eigenvalue weighted by molar-refractivity contribution is 6.07. The van der Waals surface area contributed by atoms with Gasteiger partial charge in [0.2, 0.25) is 11.8 Å². The molecule has 0 spiro atoms. The minimum Gasteiger partial charge on any atom is -0.456 e. The van der Waals surface area contributed by atoms with E-state index < -0.39 is 19.1 Å². The summed E-state index contributed by atoms with van der Waals surface area (Å²) in [4.78, 5) is 50.3. The minimum atomic E-state index is -0.740. The average molecular weight is 409 g/mol. The van der Waals surface area contributed by atoms with E-state index in [2.05, 4.69) is 0 Å². The smallest absolute Gasteiger partial charge is 0.326 e. The van der Waals surface area contributed by atoms with Gasteiger partial charge in [-0.1, -0.05) is 55.7 Å². The molecule has 4 rings (SSSR count). The van der Waals surface area contributed by atoms with Crippen molar-refractivity contribution < 1.29 is 23.9 Å². The van der Waals surface area contributed by atoms with Gasteiger partial charge in [0.15, 0.2) is 12.4 Å². The Bertz CT molecular complexity index is 840. The van der Waals surface area contributed by atoms with E-state index in [0.29, 0.717) is 24.3 Å². The lowest BCUT2D eigenvalue weighted by atomic mass is 9.84. The number of imide groups is 1. The van der Waals surface area contributed by atoms with Crippen LogP contribution in [0.1, 0.15) is 66.8 Å². The first-order valence-electron chi connectivity index (χ1n) is 10.8. The van der Waals surface area contributed by atoms with E-state index in [1.165, 1.54) is 37.7 Å². The predicted molar refractivity (Wildman–Crippen MR) is 110 cm³/mol. The minimum absolute atomic E-state index is 0.296. The van der Waals surface area contributed by atoms with Crippen LogP contribution in [-0.2, 0) is 19.1 Å². The molecule has 1 aromatic rings. The molecular formula is C24H27NO5. The van der Waals surface area contributed by atoms with E-state index in [9.17, 15) is 19.2 Å². The summed E-state index contributed by atoms with van der Waals surface area (Å²) < 4.78 is 5.07. The van der Waals surface area contributed by atoms with Crippen molar-refractivity contribution in [2.75, 3.05) is 13.2 Å². The predicted octanol–water partition coefficient (Wildman–Crippen LogP) is 3.41. The molecule has 2 aliphatic carbocycles. The summed E-state index contributed by atoms with van der Waals surface area (Å²) in [6.45, 7) is -0.829. The average Bonchev–Trinajstić information content (AvgIpc) is 3.03. The molecule has 3 aliphatic rings. The Kier molecular flexibility index (Phi) is 6.11. The fourth-order valence-electron chi connectivity index (χ4n) is 4.81. The van der Waals surface area contributed by atoms with Crippen LogP contribution in [0, 0.1) is 11.8 Å². The van der Waals surface area contributed by atoms with E-state index in [0.717, 1.165) is 4.90 Å². The third kappa shape index (κ3) is 4.23. The molecule has 1 aromatic carbocycles. The van der Waals surface area contributed by atoms with Gasteiger partial charge in [-0.3, -0.25) is 24.1 Å². The molecule has 1 heterocycles. The Labute approximate surface area is 176 Å². The van der Waals surface area contributed by atoms with Crippen LogP contribution in [0.2, 0.25) is 0 Å². The standard InChI is InChI=1S/C24H27NO5/c26-21(18-12-10-17(11-13-18)16-6-2-1-3-7-16)15-30-22(27)14-25-23(28)19-8-4-5-9-20(19)24(25)29/h4-5,10-13,16,19-20H,1-3,6-9,14-15H2/t19-,20-/m0/s1. The fourth-order valence-corrected chi connectivity index (χ4v) is 4.81. The number of benzene rings is 1. The molecule has 2 fully saturated rings. The number of carbonyl (C=O) groups excluding carboxylic acids is 4. The summed E-state index contributed by atoms with van der Waals surface area (Å²) in [7, 11) is 0. The zero-order valence-corrected chi connectivity index (χ0v) is 17.0. The van der Waals surface area contributed by atoms with Crippen molar-refractivity contribution in [2.24, 2.45) is 11.8 Å². The Morgan fingerprint density at radius 3 is 2.10 bits per heavy atom. The third-order valence-corrected chi connectivity index (χ3v) is 6.56. The van der Waals surface area contributed by atoms with Crippen molar-refractivity contribution in [1.82, 2.24) is 4.90 Å². The van der Waals surface area contributed by atoms with Crippen molar-refractivity contribution in [3.63, 3.8) is 0 Å². The van der Waals surface area contributed by atoms with Crippen LogP contribution in [0.3, 0.4) is 0 Å². The van der Waals surface area contributed by atoms with Crippen LogP contribution in [0.25, 0.3) is 0 Å². The molecule has 1 saturated heterocycles. The van der Waals surface area contributed by atoms with Crippen LogP contribution in [0.15, 0.2) is 36.4 Å². The monoisotopic (exact) mass is 409 g/mol. The first-order chi connectivity index (χ1) is 14.5. The maximum absolute atomic E-state index is 12.4. The first kappa shape index (κ1) is 20.5. The Morgan fingerprint density at radius 2 is 1.50 bits per heavy atom. The second kappa shape index (κ2) is 8.94. The van der Waals surface area contributed by atoms with Gasteiger partial charge in [-0.05, 0) is 37.2 Å². The highest BCUT2D eigenvalue weighted by atomic mass is 16.5. The van der Waals surface area contributed by atoms with Crippen LogP contribution in [0.5, 0.6) is 0 Å². The van der Waals surface area contributed by atoms with Crippen LogP contribution >= 0.6 is 0 Å². The lowest BCUT2D eigenvalue weighted by Crippen LogP contribution is -2.37. The number of esters is 1. The number of Topliss-reactive ketones (excluding diaryl/α,β-unsaturated/α-hetero) is 1. The summed E-state index contributed by atoms with van der Waals surface area (Å²) in [6.07, 6.45) is 11.0. The van der Waals surface area contributed by atoms with Gasteiger partial charge in [0.25, 0.3) is 0 Å². The zero-order chi connectivity index (χ0) is 21.1. The number of hydrogen-bond acceptors (Lipinski definition) is 5. The second-order valence-electron chi connectivity index (χ2n) is 8.46. The van der Waals surface area contributed by atoms with Gasteiger partial charge in [0.05, 0.1) is 11.8 Å². The van der Waals surface area contributed by atoms with Crippen molar-refractivity contribution in [3.05, 3.63) is 47.5 Å². The second-order valence-corrected chi connectivity index (χ2v) is 8.46. The molecule has 0 aromatic heterocycles. The lowest BCUT2D eigenvalue weighted by Gasteiger charge is -2.22. The molecule has 1 saturated carbocycles. The number of rotatable bonds is 6. The van der Waals surface area contributed by atoms with Crippen molar-refractivity contribution in [2.45, 2.75) is 50.9 Å². The van der Waals surface area contributed by atoms with Crippen molar-refractivity contribution in [1.29, 1.82) is 0 Å². The number of carbonyl (C=O) groups is 4. The van der Waals surface area contributed by atoms with Crippen molar-refractivity contribution in [3.8, 4) is 0 Å². The van der Waals surface area contributed by atoms with Crippen molar-refractivity contribution >= 4 is 23.6 Å². The summed E-state index contributed by atoms with van der Waals surface area (Å²) >= 11 is 0. The normalized spacial score (nSPS) is 24.1. The van der Waals surface area contributed by atoms with Gasteiger partial charge >= 0.3 is 5.97 Å². The summed E-state index contributed by atoms with van der Waals surface area (Å²) in [6, 6.07) is 7.54. The largest absolute Gasteiger partial charge is 0.456 e. The number of allylic oxidation sites excluding steroid dienone is 2. The third-order valence-electron chi connectivity index (χ3n) is 6.56. The topological polar surface area (TPSA) is 80.8 Å². The molecule has 2 amide bonds. The Hall–Kier alpha value is -2.76. The van der Waals surface area contributed by atoms with E-state index in [1.807, 2.05) is 24.3 Å². The van der Waals surface area contributed by atoms with Gasteiger partial charge in [0, 0.05) is 5.56 Å². The number of ether oxygens (including phenoxy) is 1. The number of amides is 2. The highest BCUT2D eigenvalue weighted by Gasteiger charge is 2.47. The molecule has 0 N–H and O–H groups in total. The first-order valence-corrected chi connectivity index (χ1v) is 10.8. The number of fused-ring (bicyclic) bond motifs is 1. The lowest BCUT2D eigenvalue weighted by molar-refractivity contribution is -0.152. The van der Waals surface area contributed by atoms with E-state index in [1.54, 1.807) is 12.1 Å². The maximum atomic E-state index is 12.4. The Balaban J connectivity index is 1.28. The van der Waals surface area contributed by atoms with Crippen LogP contribution < -0.4 is 0 Å². The summed E-state index contributed by atoms with van der Waals surface area (Å²) in [5.74, 6) is -1.87. The number of ketones is 1. The van der Waals surface area contributed by atoms with E-state index >= 15 is 0 Å². The quantitative estimate of drug-likeness (QED) is 0.311. The maximum Gasteiger partial charge on any atom is 0.326 e. The Morgan fingerprint density at radius 1 is 0.900 bits per heavy atom. The molecule has 2 atom stereocenters. The fraction of sp³-hybridized carbons (Fsp3) is 0.500. The molecular weight excluding hydrogens is 382 g/mol. The molecule has 30 heavy (non-hydrogen) atoms. The molecule has 6 nitrogen and oxygen atoms in total. The highest BCUT2D eigenvalue weighted by Crippen LogP contribution is 2.35. The summed E-state index contributed by atoms with van der Waals surface area (Å²) in [5, 5.41) is 0. The van der Waals surface area contributed by atoms with Gasteiger partial charge in [-0.2, -0.15) is 0 Å². The molecule has 0 bridgehead atoms. The van der Waals surface area contributed by atoms with Gasteiger partial charge in [0.1, 0.15) is 6.54 Å². The SMILES string of the molecule is O=C(CN1C(=O)[C@H]2CC=CC[C@@H]2C1=O)OCC(=O)c1ccc(C2CCCCC2)cc1. The van der Waals surface area contributed by atoms with Gasteiger partial charge in [-0.25, -0.2) is 0 Å². The zero-order valence-electron chi connectivity index (χ0n) is 17.0. The number of hydrogen-bond donors (Lipinski definition) is 0. The molecule has 0 unspecified atom stereocenters. The number of nitrogens with zero attached hydrogens (tertiary/aromatic N) is 1.